The van der Waals surface area contributed by atoms with Crippen molar-refractivity contribution in [3.63, 3.8) is 0 Å². The van der Waals surface area contributed by atoms with Crippen LogP contribution in [0.4, 0.5) is 0 Å². The van der Waals surface area contributed by atoms with Crippen LogP contribution in [0.25, 0.3) is 0 Å². The Bertz CT molecular complexity index is 478. The Kier molecular flexibility index (Phi) is 4.98. The van der Waals surface area contributed by atoms with Gasteiger partial charge in [-0.05, 0) is 32.8 Å². The van der Waals surface area contributed by atoms with Crippen LogP contribution in [0.15, 0.2) is 18.5 Å². The van der Waals surface area contributed by atoms with Crippen molar-refractivity contribution in [1.29, 1.82) is 0 Å². The Hall–Kier alpha value is -1.85. The van der Waals surface area contributed by atoms with Crippen molar-refractivity contribution in [1.82, 2.24) is 15.1 Å². The molecular weight excluding hydrogens is 270 g/mol. The van der Waals surface area contributed by atoms with Crippen molar-refractivity contribution in [2.24, 2.45) is 0 Å². The fourth-order valence-corrected chi connectivity index (χ4v) is 2.77. The highest BCUT2D eigenvalue weighted by atomic mass is 16.5. The molecule has 116 valence electrons. The molecule has 1 heterocycles. The van der Waals surface area contributed by atoms with Gasteiger partial charge in [0, 0.05) is 12.4 Å². The van der Waals surface area contributed by atoms with Gasteiger partial charge in [0.2, 0.25) is 5.91 Å². The second-order valence-electron chi connectivity index (χ2n) is 5.51. The summed E-state index contributed by atoms with van der Waals surface area (Å²) in [5, 5.41) is 7.00. The third-order valence-electron chi connectivity index (χ3n) is 4.04. The van der Waals surface area contributed by atoms with E-state index in [1.54, 1.807) is 37.0 Å². The molecule has 21 heavy (non-hydrogen) atoms. The smallest absolute Gasteiger partial charge is 0.331 e. The number of nitrogens with one attached hydrogen (secondary N) is 1. The maximum Gasteiger partial charge on any atom is 0.331 e. The molecular formula is C15H23N3O3. The summed E-state index contributed by atoms with van der Waals surface area (Å²) in [5.74, 6) is -0.514. The van der Waals surface area contributed by atoms with Gasteiger partial charge < -0.3 is 10.1 Å². The lowest BCUT2D eigenvalue weighted by atomic mass is 9.81. The van der Waals surface area contributed by atoms with Crippen LogP contribution in [0.2, 0.25) is 0 Å². The summed E-state index contributed by atoms with van der Waals surface area (Å²) >= 11 is 0. The molecule has 0 spiro atoms. The number of hydrogen-bond donors (Lipinski definition) is 1. The van der Waals surface area contributed by atoms with Crippen LogP contribution in [0.1, 0.15) is 52.0 Å². The molecule has 6 heteroatoms. The molecule has 1 aromatic rings. The highest BCUT2D eigenvalue weighted by molar-refractivity contribution is 5.89. The van der Waals surface area contributed by atoms with Gasteiger partial charge in [0.05, 0.1) is 6.61 Å². The molecule has 1 N–H and O–H groups in total. The van der Waals surface area contributed by atoms with Gasteiger partial charge in [-0.25, -0.2) is 4.79 Å². The highest BCUT2D eigenvalue weighted by Gasteiger charge is 2.43. The van der Waals surface area contributed by atoms with E-state index in [9.17, 15) is 9.59 Å². The minimum atomic E-state index is -0.868. The summed E-state index contributed by atoms with van der Waals surface area (Å²) in [7, 11) is 0. The van der Waals surface area contributed by atoms with Crippen LogP contribution in [-0.2, 0) is 14.3 Å². The summed E-state index contributed by atoms with van der Waals surface area (Å²) < 4.78 is 6.76. The molecule has 1 fully saturated rings. The first kappa shape index (κ1) is 15.5. The first-order valence-electron chi connectivity index (χ1n) is 7.57. The van der Waals surface area contributed by atoms with Crippen LogP contribution < -0.4 is 5.32 Å². The van der Waals surface area contributed by atoms with E-state index in [1.165, 1.54) is 0 Å². The molecule has 1 aromatic heterocycles. The number of ether oxygens (including phenoxy) is 1. The first-order valence-corrected chi connectivity index (χ1v) is 7.57. The second-order valence-corrected chi connectivity index (χ2v) is 5.51. The van der Waals surface area contributed by atoms with Crippen molar-refractivity contribution in [3.8, 4) is 0 Å². The normalized spacial score (nSPS) is 18.8. The lowest BCUT2D eigenvalue weighted by molar-refractivity contribution is -0.155. The van der Waals surface area contributed by atoms with Crippen molar-refractivity contribution < 1.29 is 14.3 Å². The Morgan fingerprint density at radius 2 is 2.10 bits per heavy atom. The monoisotopic (exact) mass is 293 g/mol. The fraction of sp³-hybridized carbons (Fsp3) is 0.667. The molecule has 1 atom stereocenters. The standard InChI is InChI=1S/C15H23N3O3/c1-3-21-14(20)15(8-5-4-6-9-15)17-13(19)12(2)18-11-7-10-16-18/h7,10-12H,3-6,8-9H2,1-2H3,(H,17,19)/t12-/m0/s1. The van der Waals surface area contributed by atoms with E-state index in [0.717, 1.165) is 19.3 Å². The van der Waals surface area contributed by atoms with E-state index in [-0.39, 0.29) is 11.9 Å². The highest BCUT2D eigenvalue weighted by Crippen LogP contribution is 2.30. The van der Waals surface area contributed by atoms with Crippen LogP contribution in [-0.4, -0.2) is 33.8 Å². The number of amides is 1. The topological polar surface area (TPSA) is 73.2 Å². The minimum Gasteiger partial charge on any atom is -0.464 e. The van der Waals surface area contributed by atoms with Gasteiger partial charge in [0.15, 0.2) is 0 Å². The van der Waals surface area contributed by atoms with Crippen molar-refractivity contribution in [2.45, 2.75) is 57.5 Å². The molecule has 1 aliphatic carbocycles. The molecule has 0 unspecified atom stereocenters. The van der Waals surface area contributed by atoms with Crippen molar-refractivity contribution in [3.05, 3.63) is 18.5 Å². The van der Waals surface area contributed by atoms with E-state index in [2.05, 4.69) is 10.4 Å². The fourth-order valence-electron chi connectivity index (χ4n) is 2.77. The second kappa shape index (κ2) is 6.74. The molecule has 1 amide bonds. The summed E-state index contributed by atoms with van der Waals surface area (Å²) in [6.45, 7) is 3.87. The van der Waals surface area contributed by atoms with Crippen LogP contribution in [0, 0.1) is 0 Å². The number of carbonyl (C=O) groups excluding carboxylic acids is 2. The molecule has 0 saturated heterocycles. The number of aromatic nitrogens is 2. The number of nitrogens with zero attached hydrogens (tertiary/aromatic N) is 2. The predicted molar refractivity (Wildman–Crippen MR) is 77.5 cm³/mol. The van der Waals surface area contributed by atoms with E-state index in [1.807, 2.05) is 0 Å². The quantitative estimate of drug-likeness (QED) is 0.841. The van der Waals surface area contributed by atoms with Crippen LogP contribution in [0.5, 0.6) is 0 Å². The van der Waals surface area contributed by atoms with Gasteiger partial charge in [-0.2, -0.15) is 5.10 Å². The average molecular weight is 293 g/mol. The van der Waals surface area contributed by atoms with Gasteiger partial charge in [-0.1, -0.05) is 19.3 Å². The molecule has 0 radical (unpaired) electrons. The van der Waals surface area contributed by atoms with Gasteiger partial charge in [0.25, 0.3) is 0 Å². The van der Waals surface area contributed by atoms with E-state index in [0.29, 0.717) is 19.4 Å². The minimum absolute atomic E-state index is 0.200. The Labute approximate surface area is 124 Å². The van der Waals surface area contributed by atoms with Crippen molar-refractivity contribution >= 4 is 11.9 Å². The summed E-state index contributed by atoms with van der Waals surface area (Å²) in [4.78, 5) is 24.7. The molecule has 0 aromatic carbocycles. The molecule has 0 bridgehead atoms. The number of hydrogen-bond acceptors (Lipinski definition) is 4. The maximum atomic E-state index is 12.4. The summed E-state index contributed by atoms with van der Waals surface area (Å²) in [5.41, 5.74) is -0.868. The Morgan fingerprint density at radius 1 is 1.38 bits per heavy atom. The molecule has 1 saturated carbocycles. The third-order valence-corrected chi connectivity index (χ3v) is 4.04. The van der Waals surface area contributed by atoms with Gasteiger partial charge >= 0.3 is 5.97 Å². The maximum absolute atomic E-state index is 12.4. The average Bonchev–Trinajstić information content (AvgIpc) is 3.01. The van der Waals surface area contributed by atoms with Gasteiger partial charge in [-0.15, -0.1) is 0 Å². The SMILES string of the molecule is CCOC(=O)C1(NC(=O)[C@H](C)n2cccn2)CCCCC1. The van der Waals surface area contributed by atoms with Gasteiger partial charge in [0.1, 0.15) is 11.6 Å². The van der Waals surface area contributed by atoms with Crippen LogP contribution in [0.3, 0.4) is 0 Å². The zero-order valence-corrected chi connectivity index (χ0v) is 12.7. The Balaban J connectivity index is 2.11. The van der Waals surface area contributed by atoms with E-state index >= 15 is 0 Å². The zero-order chi connectivity index (χ0) is 15.3. The largest absolute Gasteiger partial charge is 0.464 e. The van der Waals surface area contributed by atoms with Crippen molar-refractivity contribution in [2.75, 3.05) is 6.61 Å². The Morgan fingerprint density at radius 3 is 2.67 bits per heavy atom. The lowest BCUT2D eigenvalue weighted by Gasteiger charge is -2.36. The number of rotatable bonds is 5. The number of carbonyl (C=O) groups is 2. The van der Waals surface area contributed by atoms with E-state index in [4.69, 9.17) is 4.74 Å². The summed E-state index contributed by atoms with van der Waals surface area (Å²) in [6.07, 6.45) is 7.59. The molecule has 2 rings (SSSR count). The predicted octanol–water partition coefficient (Wildman–Crippen LogP) is 1.83. The molecule has 6 nitrogen and oxygen atoms in total. The first-order chi connectivity index (χ1) is 10.1. The molecule has 1 aliphatic rings. The lowest BCUT2D eigenvalue weighted by Crippen LogP contribution is -2.57. The molecule has 0 aliphatic heterocycles. The zero-order valence-electron chi connectivity index (χ0n) is 12.7. The third kappa shape index (κ3) is 3.43. The number of esters is 1. The van der Waals surface area contributed by atoms with Gasteiger partial charge in [-0.3, -0.25) is 9.48 Å². The summed E-state index contributed by atoms with van der Waals surface area (Å²) in [6, 6.07) is 1.32. The van der Waals surface area contributed by atoms with E-state index < -0.39 is 11.6 Å². The van der Waals surface area contributed by atoms with Crippen LogP contribution >= 0.6 is 0 Å².